The first-order valence-corrected chi connectivity index (χ1v) is 4.70. The number of nitrogen functional groups attached to an aromatic ring is 1. The van der Waals surface area contributed by atoms with E-state index in [1.54, 1.807) is 12.3 Å². The topological polar surface area (TPSA) is 81.0 Å². The number of hydrogen-bond acceptors (Lipinski definition) is 4. The molecule has 3 N–H and O–H groups in total. The normalized spacial score (nSPS) is 10.1. The van der Waals surface area contributed by atoms with Crippen LogP contribution >= 0.6 is 0 Å². The van der Waals surface area contributed by atoms with Crippen molar-refractivity contribution < 1.29 is 9.53 Å². The molecule has 2 aromatic rings. The van der Waals surface area contributed by atoms with E-state index in [4.69, 9.17) is 5.73 Å². The Kier molecular flexibility index (Phi) is 2.59. The van der Waals surface area contributed by atoms with Crippen LogP contribution < -0.4 is 5.73 Å². The van der Waals surface area contributed by atoms with Crippen LogP contribution in [0.15, 0.2) is 30.5 Å². The van der Waals surface area contributed by atoms with Gasteiger partial charge in [-0.2, -0.15) is 0 Å². The third kappa shape index (κ3) is 1.75. The van der Waals surface area contributed by atoms with Gasteiger partial charge >= 0.3 is 5.97 Å². The maximum atomic E-state index is 11.3. The Hall–Kier alpha value is -2.30. The maximum Gasteiger partial charge on any atom is 0.341 e. The number of nitrogens with one attached hydrogen (secondary N) is 1. The lowest BCUT2D eigenvalue weighted by molar-refractivity contribution is 0.0602. The molecule has 0 bridgehead atoms. The average molecular weight is 217 g/mol. The summed E-state index contributed by atoms with van der Waals surface area (Å²) in [6, 6.07) is 7.13. The van der Waals surface area contributed by atoms with Crippen molar-refractivity contribution in [1.82, 2.24) is 9.97 Å². The van der Waals surface area contributed by atoms with Crippen LogP contribution in [0.1, 0.15) is 10.4 Å². The number of nitrogens with zero attached hydrogens (tertiary/aromatic N) is 1. The van der Waals surface area contributed by atoms with Crippen LogP contribution in [0.4, 0.5) is 5.82 Å². The molecule has 0 saturated carbocycles. The number of methoxy groups -OCH3 is 1. The number of aromatic nitrogens is 2. The highest BCUT2D eigenvalue weighted by atomic mass is 16.5. The van der Waals surface area contributed by atoms with Gasteiger partial charge < -0.3 is 15.5 Å². The van der Waals surface area contributed by atoms with Gasteiger partial charge in [0.05, 0.1) is 18.5 Å². The summed E-state index contributed by atoms with van der Waals surface area (Å²) in [5.74, 6) is -0.177. The monoisotopic (exact) mass is 217 g/mol. The van der Waals surface area contributed by atoms with Crippen LogP contribution in [0, 0.1) is 0 Å². The summed E-state index contributed by atoms with van der Waals surface area (Å²) in [4.78, 5) is 18.4. The lowest BCUT2D eigenvalue weighted by atomic mass is 10.2. The van der Waals surface area contributed by atoms with Crippen LogP contribution in [-0.4, -0.2) is 23.0 Å². The van der Waals surface area contributed by atoms with E-state index < -0.39 is 5.97 Å². The molecule has 0 aliphatic carbocycles. The Balaban J connectivity index is 2.42. The van der Waals surface area contributed by atoms with E-state index in [0.29, 0.717) is 11.3 Å². The summed E-state index contributed by atoms with van der Waals surface area (Å²) in [6.45, 7) is 0. The van der Waals surface area contributed by atoms with Crippen LogP contribution in [-0.2, 0) is 4.74 Å². The first kappa shape index (κ1) is 10.2. The van der Waals surface area contributed by atoms with Gasteiger partial charge in [-0.15, -0.1) is 0 Å². The summed E-state index contributed by atoms with van der Waals surface area (Å²) >= 11 is 0. The zero-order valence-corrected chi connectivity index (χ0v) is 8.73. The van der Waals surface area contributed by atoms with E-state index in [2.05, 4.69) is 14.7 Å². The second-order valence-corrected chi connectivity index (χ2v) is 3.22. The number of H-pyrrole nitrogens is 1. The van der Waals surface area contributed by atoms with Crippen molar-refractivity contribution >= 4 is 11.8 Å². The predicted octanol–water partition coefficient (Wildman–Crippen LogP) is 1.45. The van der Waals surface area contributed by atoms with Crippen molar-refractivity contribution in [2.75, 3.05) is 12.8 Å². The highest BCUT2D eigenvalue weighted by Gasteiger charge is 2.14. The quantitative estimate of drug-likeness (QED) is 0.746. The Morgan fingerprint density at radius 1 is 1.50 bits per heavy atom. The van der Waals surface area contributed by atoms with Gasteiger partial charge in [0, 0.05) is 6.20 Å². The van der Waals surface area contributed by atoms with E-state index in [0.717, 1.165) is 5.69 Å². The van der Waals surface area contributed by atoms with Gasteiger partial charge in [-0.1, -0.05) is 6.07 Å². The molecule has 0 aliphatic heterocycles. The largest absolute Gasteiger partial charge is 0.465 e. The number of nitrogens with two attached hydrogens (primary N) is 1. The fourth-order valence-electron chi connectivity index (χ4n) is 1.41. The van der Waals surface area contributed by atoms with Gasteiger partial charge in [-0.05, 0) is 18.2 Å². The molecule has 0 unspecified atom stereocenters. The smallest absolute Gasteiger partial charge is 0.341 e. The summed E-state index contributed by atoms with van der Waals surface area (Å²) in [6.07, 6.45) is 1.67. The zero-order valence-electron chi connectivity index (χ0n) is 8.73. The number of aromatic amines is 1. The van der Waals surface area contributed by atoms with Crippen LogP contribution in [0.3, 0.4) is 0 Å². The van der Waals surface area contributed by atoms with Crippen molar-refractivity contribution in [3.05, 3.63) is 36.0 Å². The SMILES string of the molecule is COC(=O)c1cc(-c2ccccn2)[nH]c1N. The number of carbonyl (C=O) groups is 1. The predicted molar refractivity (Wildman–Crippen MR) is 59.8 cm³/mol. The molecular weight excluding hydrogens is 206 g/mol. The summed E-state index contributed by atoms with van der Waals surface area (Å²) in [5, 5.41) is 0. The van der Waals surface area contributed by atoms with Gasteiger partial charge in [-0.3, -0.25) is 4.98 Å². The summed E-state index contributed by atoms with van der Waals surface area (Å²) in [7, 11) is 1.31. The third-order valence-electron chi connectivity index (χ3n) is 2.19. The van der Waals surface area contributed by atoms with Crippen LogP contribution in [0.25, 0.3) is 11.4 Å². The van der Waals surface area contributed by atoms with Gasteiger partial charge in [0.1, 0.15) is 11.4 Å². The average Bonchev–Trinajstić information content (AvgIpc) is 2.71. The van der Waals surface area contributed by atoms with Gasteiger partial charge in [-0.25, -0.2) is 4.79 Å². The van der Waals surface area contributed by atoms with Crippen LogP contribution in [0.2, 0.25) is 0 Å². The highest BCUT2D eigenvalue weighted by Crippen LogP contribution is 2.21. The second kappa shape index (κ2) is 4.06. The third-order valence-corrected chi connectivity index (χ3v) is 2.19. The van der Waals surface area contributed by atoms with Gasteiger partial charge in [0.2, 0.25) is 0 Å². The summed E-state index contributed by atoms with van der Waals surface area (Å²) < 4.78 is 4.61. The molecule has 0 saturated heterocycles. The van der Waals surface area contributed by atoms with E-state index in [1.165, 1.54) is 7.11 Å². The minimum atomic E-state index is -0.462. The van der Waals surface area contributed by atoms with Crippen molar-refractivity contribution in [2.24, 2.45) is 0 Å². The minimum absolute atomic E-state index is 0.285. The number of ether oxygens (including phenoxy) is 1. The number of rotatable bonds is 2. The molecule has 0 radical (unpaired) electrons. The summed E-state index contributed by atoms with van der Waals surface area (Å²) in [5.41, 5.74) is 7.41. The van der Waals surface area contributed by atoms with Crippen molar-refractivity contribution in [2.45, 2.75) is 0 Å². The zero-order chi connectivity index (χ0) is 11.5. The van der Waals surface area contributed by atoms with E-state index in [9.17, 15) is 4.79 Å². The Morgan fingerprint density at radius 2 is 2.31 bits per heavy atom. The molecule has 2 rings (SSSR count). The molecule has 2 aromatic heterocycles. The Labute approximate surface area is 92.3 Å². The van der Waals surface area contributed by atoms with Gasteiger partial charge in [0.25, 0.3) is 0 Å². The fraction of sp³-hybridized carbons (Fsp3) is 0.0909. The van der Waals surface area contributed by atoms with Gasteiger partial charge in [0.15, 0.2) is 0 Å². The van der Waals surface area contributed by atoms with E-state index >= 15 is 0 Å². The molecule has 5 nitrogen and oxygen atoms in total. The molecular formula is C11H11N3O2. The molecule has 0 aliphatic rings. The fourth-order valence-corrected chi connectivity index (χ4v) is 1.41. The minimum Gasteiger partial charge on any atom is -0.465 e. The molecule has 0 amide bonds. The first-order valence-electron chi connectivity index (χ1n) is 4.70. The number of esters is 1. The Morgan fingerprint density at radius 3 is 2.94 bits per heavy atom. The number of hydrogen-bond donors (Lipinski definition) is 2. The highest BCUT2D eigenvalue weighted by molar-refractivity contribution is 5.96. The molecule has 0 aromatic carbocycles. The number of pyridine rings is 1. The molecule has 82 valence electrons. The molecule has 16 heavy (non-hydrogen) atoms. The molecule has 2 heterocycles. The lowest BCUT2D eigenvalue weighted by Gasteiger charge is -1.94. The number of carbonyl (C=O) groups excluding carboxylic acids is 1. The maximum absolute atomic E-state index is 11.3. The van der Waals surface area contributed by atoms with Crippen molar-refractivity contribution in [1.29, 1.82) is 0 Å². The lowest BCUT2D eigenvalue weighted by Crippen LogP contribution is -2.02. The van der Waals surface area contributed by atoms with E-state index in [1.807, 2.05) is 18.2 Å². The second-order valence-electron chi connectivity index (χ2n) is 3.22. The van der Waals surface area contributed by atoms with Crippen LogP contribution in [0.5, 0.6) is 0 Å². The number of anilines is 1. The van der Waals surface area contributed by atoms with Crippen molar-refractivity contribution in [3.8, 4) is 11.4 Å². The van der Waals surface area contributed by atoms with E-state index in [-0.39, 0.29) is 5.82 Å². The molecule has 0 atom stereocenters. The van der Waals surface area contributed by atoms with Crippen molar-refractivity contribution in [3.63, 3.8) is 0 Å². The molecule has 0 fully saturated rings. The standard InChI is InChI=1S/C11H11N3O2/c1-16-11(15)7-6-9(14-10(7)12)8-4-2-3-5-13-8/h2-6,14H,12H2,1H3. The Bertz CT molecular complexity index is 505. The first-order chi connectivity index (χ1) is 7.72. The molecule has 5 heteroatoms. The molecule has 0 spiro atoms.